The maximum absolute atomic E-state index is 12.1. The smallest absolute Gasteiger partial charge is 0.323 e. The molecule has 1 unspecified atom stereocenters. The second kappa shape index (κ2) is 5.37. The zero-order valence-electron chi connectivity index (χ0n) is 10.8. The van der Waals surface area contributed by atoms with Gasteiger partial charge in [-0.25, -0.2) is 4.57 Å². The number of nitrogens with one attached hydrogen (secondary N) is 2. The van der Waals surface area contributed by atoms with Gasteiger partial charge in [-0.2, -0.15) is 0 Å². The summed E-state index contributed by atoms with van der Waals surface area (Å²) in [6.45, 7) is 1.30. The van der Waals surface area contributed by atoms with Crippen molar-refractivity contribution < 1.29 is 14.5 Å². The molecule has 19 heavy (non-hydrogen) atoms. The number of nitro groups is 1. The fourth-order valence-corrected chi connectivity index (χ4v) is 2.20. The van der Waals surface area contributed by atoms with E-state index in [1.54, 1.807) is 7.11 Å². The SMILES string of the molecule is CO[C@H]1CNCC1NC(=O)c1ccc([N+](=O)[O-])n1C. The predicted molar refractivity (Wildman–Crippen MR) is 67.0 cm³/mol. The Hall–Kier alpha value is -1.93. The Bertz CT molecular complexity index is 499. The third-order valence-corrected chi connectivity index (χ3v) is 3.29. The van der Waals surface area contributed by atoms with E-state index in [4.69, 9.17) is 4.74 Å². The maximum atomic E-state index is 12.1. The highest BCUT2D eigenvalue weighted by Crippen LogP contribution is 2.15. The van der Waals surface area contributed by atoms with Crippen molar-refractivity contribution in [2.45, 2.75) is 12.1 Å². The van der Waals surface area contributed by atoms with Gasteiger partial charge in [0, 0.05) is 26.3 Å². The summed E-state index contributed by atoms with van der Waals surface area (Å²) in [7, 11) is 3.08. The molecular weight excluding hydrogens is 252 g/mol. The highest BCUT2D eigenvalue weighted by molar-refractivity contribution is 5.93. The van der Waals surface area contributed by atoms with E-state index >= 15 is 0 Å². The summed E-state index contributed by atoms with van der Waals surface area (Å²) >= 11 is 0. The molecule has 0 aromatic carbocycles. The van der Waals surface area contributed by atoms with E-state index in [2.05, 4.69) is 10.6 Å². The zero-order chi connectivity index (χ0) is 14.0. The first kappa shape index (κ1) is 13.5. The number of nitrogens with zero attached hydrogens (tertiary/aromatic N) is 2. The maximum Gasteiger partial charge on any atom is 0.323 e. The molecule has 1 aromatic rings. The largest absolute Gasteiger partial charge is 0.378 e. The lowest BCUT2D eigenvalue weighted by Crippen LogP contribution is -2.44. The first-order valence-electron chi connectivity index (χ1n) is 5.89. The fourth-order valence-electron chi connectivity index (χ4n) is 2.20. The lowest BCUT2D eigenvalue weighted by Gasteiger charge is -2.17. The number of carbonyl (C=O) groups excluding carboxylic acids is 1. The van der Waals surface area contributed by atoms with E-state index in [-0.39, 0.29) is 29.6 Å². The second-order valence-corrected chi connectivity index (χ2v) is 4.41. The van der Waals surface area contributed by atoms with E-state index in [1.807, 2.05) is 0 Å². The number of methoxy groups -OCH3 is 1. The molecule has 0 saturated carbocycles. The van der Waals surface area contributed by atoms with Crippen molar-refractivity contribution in [2.75, 3.05) is 20.2 Å². The summed E-state index contributed by atoms with van der Waals surface area (Å²) in [6.07, 6.45) is -0.0841. The molecule has 2 atom stereocenters. The van der Waals surface area contributed by atoms with E-state index in [1.165, 1.54) is 23.7 Å². The molecule has 1 fully saturated rings. The third-order valence-electron chi connectivity index (χ3n) is 3.29. The normalized spacial score (nSPS) is 22.4. The minimum absolute atomic E-state index is 0.0841. The van der Waals surface area contributed by atoms with Gasteiger partial charge in [0.1, 0.15) is 0 Å². The Kier molecular flexibility index (Phi) is 3.82. The monoisotopic (exact) mass is 268 g/mol. The summed E-state index contributed by atoms with van der Waals surface area (Å²) < 4.78 is 6.51. The van der Waals surface area contributed by atoms with Crippen LogP contribution in [0.25, 0.3) is 0 Å². The van der Waals surface area contributed by atoms with Gasteiger partial charge in [0.25, 0.3) is 5.91 Å². The van der Waals surface area contributed by atoms with Crippen LogP contribution in [-0.2, 0) is 11.8 Å². The van der Waals surface area contributed by atoms with E-state index < -0.39 is 4.92 Å². The van der Waals surface area contributed by atoms with Gasteiger partial charge in [-0.1, -0.05) is 0 Å². The molecule has 2 rings (SSSR count). The summed E-state index contributed by atoms with van der Waals surface area (Å²) in [4.78, 5) is 22.3. The van der Waals surface area contributed by atoms with Crippen LogP contribution in [0, 0.1) is 10.1 Å². The summed E-state index contributed by atoms with van der Waals surface area (Å²) in [6, 6.07) is 2.62. The van der Waals surface area contributed by atoms with Crippen molar-refractivity contribution in [1.82, 2.24) is 15.2 Å². The molecule has 8 heteroatoms. The van der Waals surface area contributed by atoms with Crippen molar-refractivity contribution in [2.24, 2.45) is 7.05 Å². The van der Waals surface area contributed by atoms with Gasteiger partial charge in [0.05, 0.1) is 19.2 Å². The Morgan fingerprint density at radius 1 is 1.58 bits per heavy atom. The van der Waals surface area contributed by atoms with Crippen LogP contribution >= 0.6 is 0 Å². The van der Waals surface area contributed by atoms with Crippen LogP contribution in [0.15, 0.2) is 12.1 Å². The number of carbonyl (C=O) groups is 1. The van der Waals surface area contributed by atoms with Crippen LogP contribution in [0.5, 0.6) is 0 Å². The van der Waals surface area contributed by atoms with Gasteiger partial charge < -0.3 is 25.5 Å². The van der Waals surface area contributed by atoms with Crippen LogP contribution in [0.2, 0.25) is 0 Å². The van der Waals surface area contributed by atoms with Crippen LogP contribution < -0.4 is 10.6 Å². The van der Waals surface area contributed by atoms with E-state index in [0.29, 0.717) is 13.1 Å². The van der Waals surface area contributed by atoms with Crippen molar-refractivity contribution in [3.63, 3.8) is 0 Å². The van der Waals surface area contributed by atoms with Crippen LogP contribution in [0.4, 0.5) is 5.82 Å². The quantitative estimate of drug-likeness (QED) is 0.574. The van der Waals surface area contributed by atoms with Crippen molar-refractivity contribution in [3.05, 3.63) is 27.9 Å². The molecule has 0 aliphatic carbocycles. The molecule has 8 nitrogen and oxygen atoms in total. The zero-order valence-corrected chi connectivity index (χ0v) is 10.8. The third kappa shape index (κ3) is 2.59. The number of aromatic nitrogens is 1. The van der Waals surface area contributed by atoms with E-state index in [0.717, 1.165) is 0 Å². The van der Waals surface area contributed by atoms with Gasteiger partial charge in [-0.15, -0.1) is 0 Å². The molecule has 1 aliphatic rings. The Morgan fingerprint density at radius 2 is 2.32 bits per heavy atom. The number of rotatable bonds is 4. The fraction of sp³-hybridized carbons (Fsp3) is 0.545. The lowest BCUT2D eigenvalue weighted by atomic mass is 10.2. The van der Waals surface area contributed by atoms with Crippen molar-refractivity contribution in [1.29, 1.82) is 0 Å². The van der Waals surface area contributed by atoms with Crippen molar-refractivity contribution in [3.8, 4) is 0 Å². The minimum Gasteiger partial charge on any atom is -0.378 e. The number of ether oxygens (including phenoxy) is 1. The highest BCUT2D eigenvalue weighted by atomic mass is 16.6. The molecule has 2 N–H and O–H groups in total. The van der Waals surface area contributed by atoms with Gasteiger partial charge in [0.2, 0.25) is 0 Å². The first-order chi connectivity index (χ1) is 9.04. The molecule has 0 radical (unpaired) electrons. The van der Waals surface area contributed by atoms with Crippen LogP contribution in [0.3, 0.4) is 0 Å². The molecular formula is C11H16N4O4. The first-order valence-corrected chi connectivity index (χ1v) is 5.89. The van der Waals surface area contributed by atoms with Gasteiger partial charge >= 0.3 is 5.82 Å². The molecule has 1 amide bonds. The standard InChI is InChI=1S/C11H16N4O4/c1-14-8(3-4-10(14)15(17)18)11(16)13-7-5-12-6-9(7)19-2/h3-4,7,9,12H,5-6H2,1-2H3,(H,13,16)/t7?,9-/m0/s1. The molecule has 104 valence electrons. The summed E-state index contributed by atoms with van der Waals surface area (Å²) in [5.41, 5.74) is 0.258. The minimum atomic E-state index is -0.522. The second-order valence-electron chi connectivity index (χ2n) is 4.41. The summed E-state index contributed by atoms with van der Waals surface area (Å²) in [5.74, 6) is -0.454. The number of hydrogen-bond donors (Lipinski definition) is 2. The highest BCUT2D eigenvalue weighted by Gasteiger charge is 2.30. The Morgan fingerprint density at radius 3 is 2.89 bits per heavy atom. The average molecular weight is 268 g/mol. The molecule has 0 spiro atoms. The predicted octanol–water partition coefficient (Wildman–Crippen LogP) is -0.350. The van der Waals surface area contributed by atoms with Crippen LogP contribution in [0.1, 0.15) is 10.5 Å². The molecule has 1 saturated heterocycles. The Labute approximate surface area is 109 Å². The topological polar surface area (TPSA) is 98.4 Å². The van der Waals surface area contributed by atoms with Crippen molar-refractivity contribution >= 4 is 11.7 Å². The Balaban J connectivity index is 2.10. The number of amides is 1. The molecule has 1 aromatic heterocycles. The van der Waals surface area contributed by atoms with Gasteiger partial charge in [0.15, 0.2) is 5.69 Å². The lowest BCUT2D eigenvalue weighted by molar-refractivity contribution is -0.391. The molecule has 2 heterocycles. The van der Waals surface area contributed by atoms with E-state index in [9.17, 15) is 14.9 Å². The summed E-state index contributed by atoms with van der Waals surface area (Å²) in [5, 5.41) is 16.7. The van der Waals surface area contributed by atoms with Crippen LogP contribution in [-0.4, -0.2) is 47.7 Å². The van der Waals surface area contributed by atoms with Gasteiger partial charge in [-0.3, -0.25) is 4.79 Å². The average Bonchev–Trinajstić information content (AvgIpc) is 2.95. The molecule has 1 aliphatic heterocycles. The number of hydrogen-bond acceptors (Lipinski definition) is 5. The van der Waals surface area contributed by atoms with Gasteiger partial charge in [-0.05, 0) is 11.0 Å². The molecule has 0 bridgehead atoms.